The highest BCUT2D eigenvalue weighted by molar-refractivity contribution is 6.36. The molecule has 0 atom stereocenters. The lowest BCUT2D eigenvalue weighted by atomic mass is 9.83. The summed E-state index contributed by atoms with van der Waals surface area (Å²) in [6.45, 7) is 6.23. The van der Waals surface area contributed by atoms with E-state index in [0.717, 1.165) is 10.9 Å². The number of nitro benzene ring substituents is 1. The molecule has 3 nitrogen and oxygen atoms in total. The highest BCUT2D eigenvalue weighted by Gasteiger charge is 2.22. The van der Waals surface area contributed by atoms with Gasteiger partial charge >= 0.3 is 0 Å². The molecule has 0 aliphatic carbocycles. The monoisotopic (exact) mass is 263 g/mol. The fourth-order valence-corrected chi connectivity index (χ4v) is 2.42. The third-order valence-electron chi connectivity index (χ3n) is 2.97. The number of benzene rings is 2. The van der Waals surface area contributed by atoms with E-state index in [2.05, 4.69) is 20.8 Å². The summed E-state index contributed by atoms with van der Waals surface area (Å²) in [5.41, 5.74) is 1.03. The van der Waals surface area contributed by atoms with Gasteiger partial charge < -0.3 is 0 Å². The first kappa shape index (κ1) is 12.8. The molecule has 2 rings (SSSR count). The SMILES string of the molecule is CC(C)(C)c1ccc([N+](=O)[O-])c2c(Cl)cccc12. The van der Waals surface area contributed by atoms with Gasteiger partial charge in [-0.05, 0) is 22.4 Å². The molecule has 0 saturated carbocycles. The Bertz CT molecular complexity index is 629. The molecule has 94 valence electrons. The highest BCUT2D eigenvalue weighted by Crippen LogP contribution is 2.38. The lowest BCUT2D eigenvalue weighted by Gasteiger charge is -2.21. The number of halogens is 1. The summed E-state index contributed by atoms with van der Waals surface area (Å²) >= 11 is 6.12. The topological polar surface area (TPSA) is 43.1 Å². The highest BCUT2D eigenvalue weighted by atomic mass is 35.5. The zero-order valence-electron chi connectivity index (χ0n) is 10.5. The number of nitro groups is 1. The van der Waals surface area contributed by atoms with Crippen molar-refractivity contribution >= 4 is 28.1 Å². The van der Waals surface area contributed by atoms with Crippen LogP contribution in [-0.4, -0.2) is 4.92 Å². The van der Waals surface area contributed by atoms with Crippen molar-refractivity contribution in [3.8, 4) is 0 Å². The lowest BCUT2D eigenvalue weighted by Crippen LogP contribution is -2.12. The summed E-state index contributed by atoms with van der Waals surface area (Å²) in [4.78, 5) is 10.7. The fraction of sp³-hybridized carbons (Fsp3) is 0.286. The Kier molecular flexibility index (Phi) is 3.03. The third-order valence-corrected chi connectivity index (χ3v) is 3.29. The van der Waals surface area contributed by atoms with E-state index in [1.165, 1.54) is 6.07 Å². The van der Waals surface area contributed by atoms with Gasteiger partial charge in [-0.3, -0.25) is 10.1 Å². The van der Waals surface area contributed by atoms with E-state index in [4.69, 9.17) is 11.6 Å². The maximum atomic E-state index is 11.1. The van der Waals surface area contributed by atoms with Crippen molar-refractivity contribution in [2.24, 2.45) is 0 Å². The lowest BCUT2D eigenvalue weighted by molar-refractivity contribution is -0.383. The molecule has 0 aromatic heterocycles. The number of rotatable bonds is 1. The van der Waals surface area contributed by atoms with Crippen LogP contribution < -0.4 is 0 Å². The van der Waals surface area contributed by atoms with Crippen LogP contribution in [0.4, 0.5) is 5.69 Å². The number of non-ortho nitro benzene ring substituents is 1. The molecule has 0 amide bonds. The molecule has 18 heavy (non-hydrogen) atoms. The van der Waals surface area contributed by atoms with Crippen LogP contribution in [0, 0.1) is 10.1 Å². The fourth-order valence-electron chi connectivity index (χ4n) is 2.15. The number of nitrogens with zero attached hydrogens (tertiary/aromatic N) is 1. The quantitative estimate of drug-likeness (QED) is 0.553. The van der Waals surface area contributed by atoms with Gasteiger partial charge in [-0.1, -0.05) is 50.6 Å². The normalized spacial score (nSPS) is 11.8. The molecule has 0 spiro atoms. The van der Waals surface area contributed by atoms with Gasteiger partial charge in [0.15, 0.2) is 0 Å². The van der Waals surface area contributed by atoms with E-state index >= 15 is 0 Å². The zero-order valence-corrected chi connectivity index (χ0v) is 11.3. The van der Waals surface area contributed by atoms with Crippen LogP contribution in [0.3, 0.4) is 0 Å². The van der Waals surface area contributed by atoms with E-state index in [-0.39, 0.29) is 16.0 Å². The van der Waals surface area contributed by atoms with Crippen LogP contribution >= 0.6 is 11.6 Å². The van der Waals surface area contributed by atoms with Crippen LogP contribution in [0.2, 0.25) is 5.02 Å². The Labute approximate surface area is 111 Å². The van der Waals surface area contributed by atoms with Crippen LogP contribution in [0.1, 0.15) is 26.3 Å². The summed E-state index contributed by atoms with van der Waals surface area (Å²) in [6.07, 6.45) is 0. The minimum Gasteiger partial charge on any atom is -0.258 e. The van der Waals surface area contributed by atoms with Gasteiger partial charge in [-0.25, -0.2) is 0 Å². The van der Waals surface area contributed by atoms with Gasteiger partial charge in [0.05, 0.1) is 15.3 Å². The molecule has 0 heterocycles. The molecule has 0 unspecified atom stereocenters. The smallest absolute Gasteiger partial charge is 0.258 e. The molecule has 0 bridgehead atoms. The van der Waals surface area contributed by atoms with Crippen molar-refractivity contribution in [3.63, 3.8) is 0 Å². The van der Waals surface area contributed by atoms with Gasteiger partial charge in [0.1, 0.15) is 0 Å². The average Bonchev–Trinajstić information content (AvgIpc) is 2.26. The van der Waals surface area contributed by atoms with Crippen LogP contribution in [0.15, 0.2) is 30.3 Å². The first-order valence-electron chi connectivity index (χ1n) is 5.68. The largest absolute Gasteiger partial charge is 0.278 e. The van der Waals surface area contributed by atoms with Crippen LogP contribution in [0.5, 0.6) is 0 Å². The van der Waals surface area contributed by atoms with Gasteiger partial charge in [0.2, 0.25) is 0 Å². The van der Waals surface area contributed by atoms with Crippen molar-refractivity contribution in [2.45, 2.75) is 26.2 Å². The Morgan fingerprint density at radius 1 is 1.17 bits per heavy atom. The van der Waals surface area contributed by atoms with Crippen molar-refractivity contribution in [1.82, 2.24) is 0 Å². The number of hydrogen-bond acceptors (Lipinski definition) is 2. The van der Waals surface area contributed by atoms with E-state index in [0.29, 0.717) is 10.4 Å². The summed E-state index contributed by atoms with van der Waals surface area (Å²) in [7, 11) is 0. The summed E-state index contributed by atoms with van der Waals surface area (Å²) in [5, 5.41) is 12.9. The second-order valence-electron chi connectivity index (χ2n) is 5.30. The second kappa shape index (κ2) is 4.25. The average molecular weight is 264 g/mol. The van der Waals surface area contributed by atoms with E-state index < -0.39 is 0 Å². The van der Waals surface area contributed by atoms with E-state index in [9.17, 15) is 10.1 Å². The Morgan fingerprint density at radius 2 is 1.83 bits per heavy atom. The Morgan fingerprint density at radius 3 is 2.39 bits per heavy atom. The number of fused-ring (bicyclic) bond motifs is 1. The summed E-state index contributed by atoms with van der Waals surface area (Å²) < 4.78 is 0. The van der Waals surface area contributed by atoms with Gasteiger partial charge in [0, 0.05) is 6.07 Å². The minimum absolute atomic E-state index is 0.0589. The first-order valence-corrected chi connectivity index (χ1v) is 6.06. The molecule has 0 radical (unpaired) electrons. The van der Waals surface area contributed by atoms with E-state index in [1.54, 1.807) is 6.07 Å². The van der Waals surface area contributed by atoms with Gasteiger partial charge in [0.25, 0.3) is 5.69 Å². The molecule has 2 aromatic rings. The predicted octanol–water partition coefficient (Wildman–Crippen LogP) is 4.70. The Balaban J connectivity index is 2.93. The molecule has 0 saturated heterocycles. The predicted molar refractivity (Wildman–Crippen MR) is 74.3 cm³/mol. The maximum Gasteiger partial charge on any atom is 0.278 e. The van der Waals surface area contributed by atoms with Crippen molar-refractivity contribution in [1.29, 1.82) is 0 Å². The molecule has 2 aromatic carbocycles. The first-order chi connectivity index (χ1) is 8.32. The van der Waals surface area contributed by atoms with Crippen LogP contribution in [0.25, 0.3) is 10.8 Å². The third kappa shape index (κ3) is 2.06. The maximum absolute atomic E-state index is 11.1. The van der Waals surface area contributed by atoms with Gasteiger partial charge in [-0.15, -0.1) is 0 Å². The van der Waals surface area contributed by atoms with Gasteiger partial charge in [-0.2, -0.15) is 0 Å². The zero-order chi connectivity index (χ0) is 13.5. The number of hydrogen-bond donors (Lipinski definition) is 0. The standard InChI is InChI=1S/C14H14ClNO2/c1-14(2,3)10-7-8-12(16(17)18)13-9(10)5-4-6-11(13)15/h4-8H,1-3H3. The second-order valence-corrected chi connectivity index (χ2v) is 5.71. The Hall–Kier alpha value is -1.61. The molecule has 0 aliphatic heterocycles. The molecular weight excluding hydrogens is 250 g/mol. The van der Waals surface area contributed by atoms with E-state index in [1.807, 2.05) is 18.2 Å². The van der Waals surface area contributed by atoms with Crippen molar-refractivity contribution in [2.75, 3.05) is 0 Å². The molecule has 0 N–H and O–H groups in total. The summed E-state index contributed by atoms with van der Waals surface area (Å²) in [5.74, 6) is 0. The molecule has 0 aliphatic rings. The van der Waals surface area contributed by atoms with Crippen molar-refractivity contribution in [3.05, 3.63) is 51.0 Å². The van der Waals surface area contributed by atoms with Crippen molar-refractivity contribution < 1.29 is 4.92 Å². The molecule has 0 fully saturated rings. The van der Waals surface area contributed by atoms with Crippen LogP contribution in [-0.2, 0) is 5.41 Å². The molecule has 4 heteroatoms. The molecular formula is C14H14ClNO2. The minimum atomic E-state index is -0.388. The summed E-state index contributed by atoms with van der Waals surface area (Å²) in [6, 6.07) is 8.74.